The van der Waals surface area contributed by atoms with Gasteiger partial charge in [0.25, 0.3) is 0 Å². The Morgan fingerprint density at radius 2 is 1.75 bits per heavy atom. The van der Waals surface area contributed by atoms with Crippen molar-refractivity contribution >= 4 is 0 Å². The van der Waals surface area contributed by atoms with Crippen LogP contribution in [0.25, 0.3) is 0 Å². The molecule has 0 saturated carbocycles. The van der Waals surface area contributed by atoms with Crippen molar-refractivity contribution in [3.05, 3.63) is 19.6 Å². The topological polar surface area (TPSA) is 0 Å². The van der Waals surface area contributed by atoms with E-state index in [1.165, 1.54) is 6.08 Å². The average Bonchev–Trinajstić information content (AvgIpc) is 0.918. The van der Waals surface area contributed by atoms with E-state index >= 15 is 0 Å². The van der Waals surface area contributed by atoms with Gasteiger partial charge in [-0.3, -0.25) is 0 Å². The monoisotopic (exact) mass is 131 g/mol. The molecule has 0 aromatic carbocycles. The van der Waals surface area contributed by atoms with Crippen LogP contribution < -0.4 is 0 Å². The minimum atomic E-state index is 0. The van der Waals surface area contributed by atoms with E-state index in [0.717, 1.165) is 0 Å². The summed E-state index contributed by atoms with van der Waals surface area (Å²) in [7, 11) is 0. The van der Waals surface area contributed by atoms with E-state index in [2.05, 4.69) is 13.5 Å². The Bertz CT molecular complexity index is 10.8. The Morgan fingerprint density at radius 1 is 1.75 bits per heavy atom. The van der Waals surface area contributed by atoms with Gasteiger partial charge in [-0.25, -0.2) is 19.6 Å². The largest absolute Gasteiger partial charge is 2.00 e. The van der Waals surface area contributed by atoms with Crippen LogP contribution >= 0.6 is 0 Å². The average molecular weight is 132 g/mol. The third-order valence-corrected chi connectivity index (χ3v) is 0. The second kappa shape index (κ2) is 9.74. The zero-order chi connectivity index (χ0) is 2.71. The van der Waals surface area contributed by atoms with Crippen molar-refractivity contribution in [1.29, 1.82) is 0 Å². The third-order valence-electron chi connectivity index (χ3n) is 0. The fraction of sp³-hybridized carbons (Fsp3) is 0. The Hall–Kier alpha value is 0.493. The molecule has 0 N–H and O–H groups in total. The van der Waals surface area contributed by atoms with Crippen LogP contribution in [0.3, 0.4) is 0 Å². The molecule has 0 saturated heterocycles. The van der Waals surface area contributed by atoms with Gasteiger partial charge >= 0.3 is 26.2 Å². The van der Waals surface area contributed by atoms with Gasteiger partial charge in [-0.2, -0.15) is 0 Å². The maximum absolute atomic E-state index is 3.25. The van der Waals surface area contributed by atoms with Gasteiger partial charge < -0.3 is 0 Å². The molecular weight excluding hydrogens is 127 g/mol. The Balaban J connectivity index is 0. The first-order chi connectivity index (χ1) is 1.41. The molecular formula is C3H5Zr+. The molecule has 0 radical (unpaired) electrons. The predicted octanol–water partition coefficient (Wildman–Crippen LogP) is 1.00. The van der Waals surface area contributed by atoms with Gasteiger partial charge in [0, 0.05) is 0 Å². The molecule has 0 amide bonds. The van der Waals surface area contributed by atoms with Gasteiger partial charge in [0.1, 0.15) is 0 Å². The summed E-state index contributed by atoms with van der Waals surface area (Å²) in [5.41, 5.74) is 0. The predicted molar refractivity (Wildman–Crippen MR) is 15.6 cm³/mol. The van der Waals surface area contributed by atoms with E-state index in [-0.39, 0.29) is 26.2 Å². The van der Waals surface area contributed by atoms with Crippen LogP contribution in [0.5, 0.6) is 0 Å². The maximum Gasteiger partial charge on any atom is 2.00 e. The molecule has 0 nitrogen and oxygen atoms in total. The number of hydrogen-bond acceptors (Lipinski definition) is 0. The fourth-order valence-corrected chi connectivity index (χ4v) is 0. The molecule has 0 rings (SSSR count). The van der Waals surface area contributed by atoms with Gasteiger partial charge in [-0.05, 0) is 0 Å². The summed E-state index contributed by atoms with van der Waals surface area (Å²) in [6.45, 7) is 6.50. The molecule has 0 aliphatic heterocycles. The third kappa shape index (κ3) is 22.9. The second-order valence-electron chi connectivity index (χ2n) is 0.289. The molecule has 0 bridgehead atoms. The Labute approximate surface area is 46.0 Å². The number of hydrogen-bond donors (Lipinski definition) is 0. The van der Waals surface area contributed by atoms with Crippen molar-refractivity contribution in [2.24, 2.45) is 0 Å². The minimum Gasteiger partial charge on any atom is -0.245 e. The van der Waals surface area contributed by atoms with Gasteiger partial charge in [-0.15, -0.1) is 0 Å². The SMILES string of the molecule is C=C[CH2-].[Zr+2]. The van der Waals surface area contributed by atoms with Crippen LogP contribution in [0.15, 0.2) is 12.7 Å². The van der Waals surface area contributed by atoms with Crippen molar-refractivity contribution in [1.82, 2.24) is 0 Å². The standard InChI is InChI=1S/C3H5.Zr/c1-3-2;/h3H,1-2H2;/q-1;+2. The van der Waals surface area contributed by atoms with Crippen molar-refractivity contribution in [2.45, 2.75) is 0 Å². The molecule has 0 aromatic rings. The van der Waals surface area contributed by atoms with E-state index in [1.807, 2.05) is 0 Å². The van der Waals surface area contributed by atoms with Gasteiger partial charge in [0.15, 0.2) is 0 Å². The van der Waals surface area contributed by atoms with E-state index in [9.17, 15) is 0 Å². The van der Waals surface area contributed by atoms with E-state index in [1.54, 1.807) is 0 Å². The summed E-state index contributed by atoms with van der Waals surface area (Å²) < 4.78 is 0. The quantitative estimate of drug-likeness (QED) is 0.431. The summed E-state index contributed by atoms with van der Waals surface area (Å²) >= 11 is 0. The molecule has 1 heteroatoms. The summed E-state index contributed by atoms with van der Waals surface area (Å²) in [6, 6.07) is 0. The molecule has 0 fully saturated rings. The van der Waals surface area contributed by atoms with E-state index in [4.69, 9.17) is 0 Å². The Morgan fingerprint density at radius 3 is 1.75 bits per heavy atom. The van der Waals surface area contributed by atoms with Gasteiger partial charge in [0.2, 0.25) is 0 Å². The summed E-state index contributed by atoms with van der Waals surface area (Å²) in [6.07, 6.45) is 1.50. The van der Waals surface area contributed by atoms with Crippen LogP contribution in [0.4, 0.5) is 0 Å². The number of rotatable bonds is 0. The molecule has 0 aromatic heterocycles. The van der Waals surface area contributed by atoms with Crippen molar-refractivity contribution < 1.29 is 26.2 Å². The normalized spacial score (nSPS) is 3.00. The van der Waals surface area contributed by atoms with Crippen LogP contribution in [0.2, 0.25) is 0 Å². The van der Waals surface area contributed by atoms with Gasteiger partial charge in [-0.1, -0.05) is 0 Å². The van der Waals surface area contributed by atoms with Crippen LogP contribution in [0, 0.1) is 6.92 Å². The van der Waals surface area contributed by atoms with Crippen LogP contribution in [-0.2, 0) is 26.2 Å². The summed E-state index contributed by atoms with van der Waals surface area (Å²) in [5.74, 6) is 0. The smallest absolute Gasteiger partial charge is 0.245 e. The zero-order valence-electron chi connectivity index (χ0n) is 2.49. The first kappa shape index (κ1) is 8.82. The molecule has 0 atom stereocenters. The van der Waals surface area contributed by atoms with Crippen LogP contribution in [-0.4, -0.2) is 0 Å². The van der Waals surface area contributed by atoms with E-state index in [0.29, 0.717) is 0 Å². The van der Waals surface area contributed by atoms with Gasteiger partial charge in [0.05, 0.1) is 0 Å². The molecule has 0 aliphatic rings. The van der Waals surface area contributed by atoms with E-state index < -0.39 is 0 Å². The van der Waals surface area contributed by atoms with Crippen molar-refractivity contribution in [3.8, 4) is 0 Å². The fourth-order valence-electron chi connectivity index (χ4n) is 0. The maximum atomic E-state index is 3.25. The molecule has 0 spiro atoms. The summed E-state index contributed by atoms with van der Waals surface area (Å²) in [4.78, 5) is 0. The summed E-state index contributed by atoms with van der Waals surface area (Å²) in [5, 5.41) is 0. The second-order valence-corrected chi connectivity index (χ2v) is 0.289. The minimum absolute atomic E-state index is 0. The zero-order valence-corrected chi connectivity index (χ0v) is 4.95. The van der Waals surface area contributed by atoms with Crippen molar-refractivity contribution in [3.63, 3.8) is 0 Å². The first-order valence-corrected chi connectivity index (χ1v) is 0.816. The molecule has 0 heterocycles. The van der Waals surface area contributed by atoms with Crippen LogP contribution in [0.1, 0.15) is 0 Å². The Kier molecular flexibility index (Phi) is 21.5. The number of allylic oxidation sites excluding steroid dienone is 1. The molecule has 4 heavy (non-hydrogen) atoms. The molecule has 0 unspecified atom stereocenters. The molecule has 0 aliphatic carbocycles. The van der Waals surface area contributed by atoms with Crippen molar-refractivity contribution in [2.75, 3.05) is 0 Å². The first-order valence-electron chi connectivity index (χ1n) is 0.816. The molecule has 20 valence electrons.